The van der Waals surface area contributed by atoms with Gasteiger partial charge in [-0.1, -0.05) is 153 Å². The molecule has 0 fully saturated rings. The molecule has 0 saturated carbocycles. The molecular formula is C55H40N2. The third-order valence-corrected chi connectivity index (χ3v) is 13.4. The first kappa shape index (κ1) is 32.4. The molecule has 0 amide bonds. The molecule has 2 nitrogen and oxygen atoms in total. The fourth-order valence-electron chi connectivity index (χ4n) is 10.8. The van der Waals surface area contributed by atoms with Crippen LogP contribution in [0.15, 0.2) is 170 Å². The van der Waals surface area contributed by atoms with Crippen molar-refractivity contribution in [1.29, 1.82) is 0 Å². The number of hydrogen-bond donors (Lipinski definition) is 0. The van der Waals surface area contributed by atoms with E-state index in [4.69, 9.17) is 0 Å². The van der Waals surface area contributed by atoms with E-state index in [1.165, 1.54) is 121 Å². The van der Waals surface area contributed by atoms with Crippen LogP contribution in [0, 0.1) is 0 Å². The Morgan fingerprint density at radius 2 is 0.719 bits per heavy atom. The normalized spacial score (nSPS) is 13.4. The predicted molar refractivity (Wildman–Crippen MR) is 243 cm³/mol. The number of aryl methyl sites for hydroxylation is 2. The summed E-state index contributed by atoms with van der Waals surface area (Å²) < 4.78 is 4.69. The smallest absolute Gasteiger partial charge is 0.0495 e. The van der Waals surface area contributed by atoms with Crippen LogP contribution in [0.2, 0.25) is 0 Å². The van der Waals surface area contributed by atoms with Crippen LogP contribution >= 0.6 is 0 Å². The average Bonchev–Trinajstić information content (AvgIpc) is 3.81. The van der Waals surface area contributed by atoms with Gasteiger partial charge in [0.15, 0.2) is 0 Å². The van der Waals surface area contributed by atoms with Crippen molar-refractivity contribution in [1.82, 2.24) is 9.13 Å². The van der Waals surface area contributed by atoms with Crippen molar-refractivity contribution in [3.63, 3.8) is 0 Å². The highest BCUT2D eigenvalue weighted by atomic mass is 14.9. The van der Waals surface area contributed by atoms with Gasteiger partial charge in [-0.15, -0.1) is 0 Å². The number of benzene rings is 9. The maximum atomic E-state index is 2.51. The third-order valence-electron chi connectivity index (χ3n) is 13.4. The summed E-state index contributed by atoms with van der Waals surface area (Å²) in [6.45, 7) is 4.77. The Kier molecular flexibility index (Phi) is 6.57. The van der Waals surface area contributed by atoms with Crippen LogP contribution in [0.5, 0.6) is 0 Å². The Hall–Kier alpha value is -6.90. The maximum Gasteiger partial charge on any atom is 0.0495 e. The van der Waals surface area contributed by atoms with E-state index < -0.39 is 0 Å². The second-order valence-electron chi connectivity index (χ2n) is 16.5. The van der Waals surface area contributed by atoms with Gasteiger partial charge in [-0.05, 0) is 108 Å². The first-order valence-electron chi connectivity index (χ1n) is 20.1. The summed E-state index contributed by atoms with van der Waals surface area (Å²) in [5, 5.41) is 10.2. The van der Waals surface area contributed by atoms with E-state index in [1.807, 2.05) is 0 Å². The highest BCUT2D eigenvalue weighted by Gasteiger charge is 2.37. The molecule has 0 atom stereocenters. The van der Waals surface area contributed by atoms with E-state index >= 15 is 0 Å². The number of rotatable bonds is 3. The number of aromatic nitrogens is 2. The summed E-state index contributed by atoms with van der Waals surface area (Å²) in [5.74, 6) is 0. The predicted octanol–water partition coefficient (Wildman–Crippen LogP) is 14.6. The molecule has 1 aliphatic rings. The first-order chi connectivity index (χ1) is 27.9. The number of nitrogens with zero attached hydrogens (tertiary/aromatic N) is 2. The molecule has 0 spiro atoms. The molecule has 0 aliphatic heterocycles. The van der Waals surface area contributed by atoms with Gasteiger partial charge in [0.1, 0.15) is 0 Å². The van der Waals surface area contributed by atoms with Gasteiger partial charge in [-0.25, -0.2) is 0 Å². The second kappa shape index (κ2) is 11.6. The molecule has 0 unspecified atom stereocenters. The average molecular weight is 729 g/mol. The topological polar surface area (TPSA) is 9.86 Å². The lowest BCUT2D eigenvalue weighted by Crippen LogP contribution is -2.14. The van der Waals surface area contributed by atoms with Gasteiger partial charge in [0.2, 0.25) is 0 Å². The monoisotopic (exact) mass is 728 g/mol. The molecule has 1 aliphatic carbocycles. The highest BCUT2D eigenvalue weighted by molar-refractivity contribution is 6.25. The van der Waals surface area contributed by atoms with E-state index in [1.54, 1.807) is 0 Å². The van der Waals surface area contributed by atoms with E-state index in [0.29, 0.717) is 0 Å². The SMILES string of the molecule is Cn1c2ccccc2c2c(-c3cccc4c(-c5cccc6c5-c5ccccc5C6(C)C)c5cccc(-c6cccc7c6c6ccccc6n7C)c5cc34)cccc21. The van der Waals surface area contributed by atoms with Crippen molar-refractivity contribution in [2.24, 2.45) is 14.1 Å². The fourth-order valence-corrected chi connectivity index (χ4v) is 10.8. The van der Waals surface area contributed by atoms with E-state index in [-0.39, 0.29) is 5.41 Å². The Labute approximate surface area is 331 Å². The van der Waals surface area contributed by atoms with Crippen molar-refractivity contribution in [3.05, 3.63) is 181 Å². The molecule has 2 heteroatoms. The molecule has 0 saturated heterocycles. The summed E-state index contributed by atoms with van der Waals surface area (Å²) in [5.41, 5.74) is 18.0. The van der Waals surface area contributed by atoms with Crippen molar-refractivity contribution in [3.8, 4) is 44.5 Å². The minimum Gasteiger partial charge on any atom is -0.344 e. The zero-order chi connectivity index (χ0) is 38.2. The minimum atomic E-state index is -0.104. The van der Waals surface area contributed by atoms with Crippen LogP contribution in [0.1, 0.15) is 25.0 Å². The molecule has 2 heterocycles. The Morgan fingerprint density at radius 1 is 0.316 bits per heavy atom. The largest absolute Gasteiger partial charge is 0.344 e. The molecule has 270 valence electrons. The lowest BCUT2D eigenvalue weighted by Gasteiger charge is -2.22. The molecule has 9 aromatic carbocycles. The summed E-state index contributed by atoms with van der Waals surface area (Å²) >= 11 is 0. The van der Waals surface area contributed by atoms with Crippen LogP contribution in [0.3, 0.4) is 0 Å². The molecule has 12 rings (SSSR count). The van der Waals surface area contributed by atoms with Crippen molar-refractivity contribution in [2.75, 3.05) is 0 Å². The van der Waals surface area contributed by atoms with Crippen LogP contribution in [0.4, 0.5) is 0 Å². The van der Waals surface area contributed by atoms with Crippen LogP contribution < -0.4 is 0 Å². The lowest BCUT2D eigenvalue weighted by atomic mass is 9.80. The van der Waals surface area contributed by atoms with E-state index in [2.05, 4.69) is 207 Å². The molecule has 2 aromatic heterocycles. The highest BCUT2D eigenvalue weighted by Crippen LogP contribution is 2.55. The van der Waals surface area contributed by atoms with Gasteiger partial charge >= 0.3 is 0 Å². The summed E-state index contributed by atoms with van der Waals surface area (Å²) in [7, 11) is 4.39. The fraction of sp³-hybridized carbons (Fsp3) is 0.0909. The first-order valence-corrected chi connectivity index (χ1v) is 20.1. The summed E-state index contributed by atoms with van der Waals surface area (Å²) in [6, 6.07) is 63.9. The molecule has 11 aromatic rings. The van der Waals surface area contributed by atoms with E-state index in [0.717, 1.165) is 0 Å². The Bertz CT molecular complexity index is 3340. The zero-order valence-corrected chi connectivity index (χ0v) is 32.6. The molecule has 57 heavy (non-hydrogen) atoms. The molecule has 0 bridgehead atoms. The number of hydrogen-bond acceptors (Lipinski definition) is 0. The van der Waals surface area contributed by atoms with Crippen molar-refractivity contribution in [2.45, 2.75) is 19.3 Å². The quantitative estimate of drug-likeness (QED) is 0.160. The van der Waals surface area contributed by atoms with E-state index in [9.17, 15) is 0 Å². The molecular weight excluding hydrogens is 689 g/mol. The Morgan fingerprint density at radius 3 is 1.32 bits per heavy atom. The molecule has 0 radical (unpaired) electrons. The summed E-state index contributed by atoms with van der Waals surface area (Å²) in [6.07, 6.45) is 0. The Balaban J connectivity index is 1.26. The number of fused-ring (bicyclic) bond motifs is 11. The van der Waals surface area contributed by atoms with Gasteiger partial charge in [-0.2, -0.15) is 0 Å². The number of para-hydroxylation sites is 2. The molecule has 0 N–H and O–H groups in total. The van der Waals surface area contributed by atoms with Crippen LogP contribution in [-0.2, 0) is 19.5 Å². The lowest BCUT2D eigenvalue weighted by molar-refractivity contribution is 0.660. The van der Waals surface area contributed by atoms with Gasteiger partial charge < -0.3 is 9.13 Å². The van der Waals surface area contributed by atoms with Crippen LogP contribution in [-0.4, -0.2) is 9.13 Å². The second-order valence-corrected chi connectivity index (χ2v) is 16.5. The van der Waals surface area contributed by atoms with Gasteiger partial charge in [0.05, 0.1) is 0 Å². The van der Waals surface area contributed by atoms with Crippen molar-refractivity contribution < 1.29 is 0 Å². The maximum absolute atomic E-state index is 2.51. The van der Waals surface area contributed by atoms with Gasteiger partial charge in [0.25, 0.3) is 0 Å². The summed E-state index contributed by atoms with van der Waals surface area (Å²) in [4.78, 5) is 0. The van der Waals surface area contributed by atoms with Gasteiger partial charge in [0, 0.05) is 63.1 Å². The third kappa shape index (κ3) is 4.25. The van der Waals surface area contributed by atoms with Crippen LogP contribution in [0.25, 0.3) is 110 Å². The zero-order valence-electron chi connectivity index (χ0n) is 32.6. The van der Waals surface area contributed by atoms with Crippen molar-refractivity contribution >= 4 is 65.2 Å². The minimum absolute atomic E-state index is 0.104. The van der Waals surface area contributed by atoms with Gasteiger partial charge in [-0.3, -0.25) is 0 Å². The standard InChI is InChI=1S/C55H40N2/c1-55(2)45-26-8-5-16-39(45)52-42(25-13-27-46(52)55)51-37-21-11-19-33(35-23-14-30-49-53(35)40-17-6-9-28-47(40)56(49)3)43(37)32-44-34(20-12-22-38(44)51)36-24-15-31-50-54(36)41-18-7-10-29-48(41)57(50)4/h5-32H,1-4H3.